The Bertz CT molecular complexity index is 172. The summed E-state index contributed by atoms with van der Waals surface area (Å²) in [7, 11) is 0. The lowest BCUT2D eigenvalue weighted by molar-refractivity contribution is 0.273. The molecule has 0 aliphatic heterocycles. The van der Waals surface area contributed by atoms with Crippen molar-refractivity contribution in [1.82, 2.24) is 4.90 Å². The van der Waals surface area contributed by atoms with Gasteiger partial charge in [-0.1, -0.05) is 91.1 Å². The minimum Gasteiger partial charge on any atom is -0.304 e. The van der Waals surface area contributed by atoms with Gasteiger partial charge >= 0.3 is 0 Å². The molecule has 0 saturated heterocycles. The second-order valence-corrected chi connectivity index (χ2v) is 6.38. The Morgan fingerprint density at radius 1 is 0.636 bits per heavy atom. The van der Waals surface area contributed by atoms with Crippen molar-refractivity contribution in [2.45, 2.75) is 105 Å². The number of rotatable bonds is 15. The number of hydrogen-bond donors (Lipinski definition) is 0. The summed E-state index contributed by atoms with van der Waals surface area (Å²) in [5, 5.41) is 0. The third kappa shape index (κ3) is 22.0. The van der Waals surface area contributed by atoms with Gasteiger partial charge in [-0.2, -0.15) is 0 Å². The molecule has 1 heteroatoms. The third-order valence-corrected chi connectivity index (χ3v) is 4.10. The van der Waals surface area contributed by atoms with Gasteiger partial charge in [0.2, 0.25) is 0 Å². The SMILES string of the molecule is C=CC.CCCCCCCCN(CC)CCCCCCCC. The van der Waals surface area contributed by atoms with Crippen molar-refractivity contribution in [3.8, 4) is 0 Å². The second kappa shape index (κ2) is 23.0. The maximum Gasteiger partial charge on any atom is -0.00189 e. The molecule has 22 heavy (non-hydrogen) atoms. The molecule has 0 atom stereocenters. The molecular weight excluding hydrogens is 266 g/mol. The molecule has 0 fully saturated rings. The van der Waals surface area contributed by atoms with Crippen LogP contribution in [0.1, 0.15) is 105 Å². The van der Waals surface area contributed by atoms with Gasteiger partial charge in [-0.25, -0.2) is 0 Å². The predicted molar refractivity (Wildman–Crippen MR) is 105 cm³/mol. The zero-order valence-corrected chi connectivity index (χ0v) is 16.3. The molecule has 0 radical (unpaired) electrons. The normalized spacial score (nSPS) is 10.4. The molecule has 134 valence electrons. The fraction of sp³-hybridized carbons (Fsp3) is 0.905. The lowest BCUT2D eigenvalue weighted by atomic mass is 10.1. The topological polar surface area (TPSA) is 3.24 Å². The first-order chi connectivity index (χ1) is 10.8. The molecule has 0 spiro atoms. The molecular formula is C21H45N. The molecule has 0 aliphatic rings. The Labute approximate surface area is 142 Å². The van der Waals surface area contributed by atoms with E-state index in [1.54, 1.807) is 6.08 Å². The molecule has 0 saturated carbocycles. The fourth-order valence-electron chi connectivity index (χ4n) is 2.66. The van der Waals surface area contributed by atoms with Crippen molar-refractivity contribution in [2.24, 2.45) is 0 Å². The highest BCUT2D eigenvalue weighted by atomic mass is 15.1. The van der Waals surface area contributed by atoms with Gasteiger partial charge in [-0.3, -0.25) is 0 Å². The Hall–Kier alpha value is -0.300. The highest BCUT2D eigenvalue weighted by Gasteiger charge is 2.01. The van der Waals surface area contributed by atoms with Gasteiger partial charge < -0.3 is 4.90 Å². The number of unbranched alkanes of at least 4 members (excludes halogenated alkanes) is 10. The summed E-state index contributed by atoms with van der Waals surface area (Å²) in [5.41, 5.74) is 0. The number of hydrogen-bond acceptors (Lipinski definition) is 1. The summed E-state index contributed by atoms with van der Waals surface area (Å²) in [6, 6.07) is 0. The van der Waals surface area contributed by atoms with E-state index in [-0.39, 0.29) is 0 Å². The van der Waals surface area contributed by atoms with Crippen LogP contribution in [0.15, 0.2) is 12.7 Å². The van der Waals surface area contributed by atoms with Crippen LogP contribution in [0.3, 0.4) is 0 Å². The van der Waals surface area contributed by atoms with E-state index in [0.29, 0.717) is 0 Å². The van der Waals surface area contributed by atoms with Gasteiger partial charge in [0.1, 0.15) is 0 Å². The summed E-state index contributed by atoms with van der Waals surface area (Å²) in [6.07, 6.45) is 18.8. The average molecular weight is 312 g/mol. The summed E-state index contributed by atoms with van der Waals surface area (Å²) in [6.45, 7) is 16.0. The van der Waals surface area contributed by atoms with Crippen molar-refractivity contribution in [3.63, 3.8) is 0 Å². The summed E-state index contributed by atoms with van der Waals surface area (Å²) >= 11 is 0. The van der Waals surface area contributed by atoms with Crippen LogP contribution in [-0.4, -0.2) is 24.5 Å². The molecule has 0 bridgehead atoms. The molecule has 0 aromatic heterocycles. The van der Waals surface area contributed by atoms with Gasteiger partial charge in [-0.05, 0) is 39.4 Å². The van der Waals surface area contributed by atoms with Crippen LogP contribution < -0.4 is 0 Å². The van der Waals surface area contributed by atoms with E-state index < -0.39 is 0 Å². The van der Waals surface area contributed by atoms with Crippen LogP contribution in [0, 0.1) is 0 Å². The maximum absolute atomic E-state index is 3.36. The Balaban J connectivity index is 0. The van der Waals surface area contributed by atoms with Gasteiger partial charge in [0.15, 0.2) is 0 Å². The van der Waals surface area contributed by atoms with Crippen LogP contribution in [0.25, 0.3) is 0 Å². The predicted octanol–water partition coefficient (Wildman–Crippen LogP) is 7.22. The van der Waals surface area contributed by atoms with Crippen LogP contribution >= 0.6 is 0 Å². The summed E-state index contributed by atoms with van der Waals surface area (Å²) < 4.78 is 0. The van der Waals surface area contributed by atoms with Crippen molar-refractivity contribution < 1.29 is 0 Å². The first-order valence-corrected chi connectivity index (χ1v) is 10.1. The monoisotopic (exact) mass is 311 g/mol. The smallest absolute Gasteiger partial charge is 0.00189 e. The first kappa shape index (κ1) is 24.0. The first-order valence-electron chi connectivity index (χ1n) is 10.1. The average Bonchev–Trinajstić information content (AvgIpc) is 2.52. The zero-order valence-electron chi connectivity index (χ0n) is 16.3. The quantitative estimate of drug-likeness (QED) is 0.228. The maximum atomic E-state index is 3.36. The van der Waals surface area contributed by atoms with Crippen LogP contribution in [-0.2, 0) is 0 Å². The van der Waals surface area contributed by atoms with Gasteiger partial charge in [0.05, 0.1) is 0 Å². The molecule has 0 unspecified atom stereocenters. The van der Waals surface area contributed by atoms with Gasteiger partial charge in [0.25, 0.3) is 0 Å². The van der Waals surface area contributed by atoms with E-state index in [9.17, 15) is 0 Å². The van der Waals surface area contributed by atoms with E-state index in [2.05, 4.69) is 32.3 Å². The van der Waals surface area contributed by atoms with Crippen LogP contribution in [0.2, 0.25) is 0 Å². The fourth-order valence-corrected chi connectivity index (χ4v) is 2.66. The molecule has 1 nitrogen and oxygen atoms in total. The minimum absolute atomic E-state index is 1.24. The Kier molecular flexibility index (Phi) is 25.0. The lowest BCUT2D eigenvalue weighted by Gasteiger charge is -2.20. The number of allylic oxidation sites excluding steroid dienone is 1. The summed E-state index contributed by atoms with van der Waals surface area (Å²) in [4.78, 5) is 2.65. The molecule has 0 aliphatic carbocycles. The molecule has 0 heterocycles. The van der Waals surface area contributed by atoms with Gasteiger partial charge in [-0.15, -0.1) is 6.58 Å². The highest BCUT2D eigenvalue weighted by Crippen LogP contribution is 2.08. The second-order valence-electron chi connectivity index (χ2n) is 6.38. The van der Waals surface area contributed by atoms with E-state index in [1.165, 1.54) is 96.7 Å². The van der Waals surface area contributed by atoms with Crippen molar-refractivity contribution in [3.05, 3.63) is 12.7 Å². The van der Waals surface area contributed by atoms with E-state index in [0.717, 1.165) is 0 Å². The lowest BCUT2D eigenvalue weighted by Crippen LogP contribution is -2.25. The Morgan fingerprint density at radius 3 is 1.27 bits per heavy atom. The van der Waals surface area contributed by atoms with E-state index in [4.69, 9.17) is 0 Å². The van der Waals surface area contributed by atoms with Crippen molar-refractivity contribution in [1.29, 1.82) is 0 Å². The standard InChI is InChI=1S/C18H39N.C3H6/c1-4-7-9-11-13-15-17-19(6-3)18-16-14-12-10-8-5-2;1-3-2/h4-18H2,1-3H3;3H,1H2,2H3. The van der Waals surface area contributed by atoms with Crippen molar-refractivity contribution in [2.75, 3.05) is 19.6 Å². The minimum atomic E-state index is 1.24. The summed E-state index contributed by atoms with van der Waals surface area (Å²) in [5.74, 6) is 0. The molecule has 0 aromatic carbocycles. The largest absolute Gasteiger partial charge is 0.304 e. The third-order valence-electron chi connectivity index (χ3n) is 4.10. The van der Waals surface area contributed by atoms with E-state index >= 15 is 0 Å². The zero-order chi connectivity index (χ0) is 16.9. The van der Waals surface area contributed by atoms with E-state index in [1.807, 2.05) is 6.92 Å². The van der Waals surface area contributed by atoms with Crippen molar-refractivity contribution >= 4 is 0 Å². The highest BCUT2D eigenvalue weighted by molar-refractivity contribution is 4.57. The molecule has 0 N–H and O–H groups in total. The molecule has 0 amide bonds. The Morgan fingerprint density at radius 2 is 0.955 bits per heavy atom. The number of nitrogens with zero attached hydrogens (tertiary/aromatic N) is 1. The van der Waals surface area contributed by atoms with Crippen LogP contribution in [0.4, 0.5) is 0 Å². The van der Waals surface area contributed by atoms with Gasteiger partial charge in [0, 0.05) is 0 Å². The molecule has 0 rings (SSSR count). The van der Waals surface area contributed by atoms with Crippen LogP contribution in [0.5, 0.6) is 0 Å². The molecule has 0 aromatic rings.